The van der Waals surface area contributed by atoms with Crippen LogP contribution in [0.5, 0.6) is 11.5 Å². The molecule has 3 nitrogen and oxygen atoms in total. The second kappa shape index (κ2) is 6.73. The minimum Gasteiger partial charge on any atom is -0.456 e. The lowest BCUT2D eigenvalue weighted by Crippen LogP contribution is -2.11. The Hall–Kier alpha value is -1.58. The largest absolute Gasteiger partial charge is 0.456 e. The molecule has 0 bridgehead atoms. The van der Waals surface area contributed by atoms with Crippen molar-refractivity contribution in [3.63, 3.8) is 0 Å². The van der Waals surface area contributed by atoms with Crippen molar-refractivity contribution in [2.24, 2.45) is 0 Å². The minimum absolute atomic E-state index is 0.738. The molecule has 2 aromatic rings. The first kappa shape index (κ1) is 14.8. The summed E-state index contributed by atoms with van der Waals surface area (Å²) in [5.41, 5.74) is 3.13. The van der Waals surface area contributed by atoms with Crippen LogP contribution >= 0.6 is 11.6 Å². The summed E-state index contributed by atoms with van der Waals surface area (Å²) in [6.07, 6.45) is 3.56. The van der Waals surface area contributed by atoms with Gasteiger partial charge in [0.15, 0.2) is 0 Å². The van der Waals surface area contributed by atoms with Gasteiger partial charge < -0.3 is 10.1 Å². The van der Waals surface area contributed by atoms with Crippen molar-refractivity contribution in [3.05, 3.63) is 52.3 Å². The van der Waals surface area contributed by atoms with Gasteiger partial charge in [-0.15, -0.1) is 0 Å². The minimum atomic E-state index is 0.738. The molecule has 0 spiro atoms. The van der Waals surface area contributed by atoms with Crippen molar-refractivity contribution in [1.29, 1.82) is 0 Å². The van der Waals surface area contributed by atoms with Crippen molar-refractivity contribution in [3.8, 4) is 11.5 Å². The van der Waals surface area contributed by atoms with Crippen LogP contribution in [-0.4, -0.2) is 11.5 Å². The Morgan fingerprint density at radius 3 is 2.45 bits per heavy atom. The van der Waals surface area contributed by atoms with Crippen LogP contribution < -0.4 is 10.1 Å². The van der Waals surface area contributed by atoms with Crippen LogP contribution in [-0.2, 0) is 6.54 Å². The van der Waals surface area contributed by atoms with Gasteiger partial charge >= 0.3 is 0 Å². The molecule has 0 saturated heterocycles. The number of nitrogens with one attached hydrogen (secondary N) is 1. The topological polar surface area (TPSA) is 34.2 Å². The highest BCUT2D eigenvalue weighted by molar-refractivity contribution is 6.32. The third-order valence-electron chi connectivity index (χ3n) is 2.99. The third kappa shape index (κ3) is 3.71. The van der Waals surface area contributed by atoms with Crippen molar-refractivity contribution in [1.82, 2.24) is 10.3 Å². The fourth-order valence-corrected chi connectivity index (χ4v) is 2.10. The van der Waals surface area contributed by atoms with Gasteiger partial charge in [0.25, 0.3) is 0 Å². The number of rotatable bonds is 5. The van der Waals surface area contributed by atoms with Gasteiger partial charge in [0.05, 0.1) is 6.20 Å². The van der Waals surface area contributed by atoms with Crippen LogP contribution in [0, 0.1) is 13.8 Å². The smallest absolute Gasteiger partial charge is 0.146 e. The fourth-order valence-electron chi connectivity index (χ4n) is 1.99. The van der Waals surface area contributed by atoms with E-state index in [-0.39, 0.29) is 0 Å². The van der Waals surface area contributed by atoms with Crippen molar-refractivity contribution >= 4 is 11.6 Å². The molecule has 0 atom stereocenters. The number of hydrogen-bond acceptors (Lipinski definition) is 3. The summed E-state index contributed by atoms with van der Waals surface area (Å²) in [7, 11) is 0. The molecule has 0 radical (unpaired) electrons. The number of hydrogen-bond donors (Lipinski definition) is 1. The highest BCUT2D eigenvalue weighted by Crippen LogP contribution is 2.29. The van der Waals surface area contributed by atoms with Crippen LogP contribution in [0.2, 0.25) is 5.02 Å². The molecule has 1 heterocycles. The van der Waals surface area contributed by atoms with Crippen molar-refractivity contribution in [2.45, 2.75) is 27.3 Å². The first-order valence-corrected chi connectivity index (χ1v) is 7.07. The van der Waals surface area contributed by atoms with E-state index >= 15 is 0 Å². The van der Waals surface area contributed by atoms with Crippen LogP contribution in [0.3, 0.4) is 0 Å². The molecule has 106 valence electrons. The van der Waals surface area contributed by atoms with Gasteiger partial charge in [-0.05, 0) is 55.3 Å². The Bertz CT molecular complexity index is 576. The maximum absolute atomic E-state index is 6.16. The van der Waals surface area contributed by atoms with E-state index in [0.717, 1.165) is 46.3 Å². The van der Waals surface area contributed by atoms with E-state index in [0.29, 0.717) is 0 Å². The summed E-state index contributed by atoms with van der Waals surface area (Å²) >= 11 is 6.16. The van der Waals surface area contributed by atoms with Crippen LogP contribution in [0.25, 0.3) is 0 Å². The SMILES string of the molecule is CCNCc1cncc(Oc2cc(C)c(Cl)c(C)c2)c1. The zero-order valence-electron chi connectivity index (χ0n) is 12.0. The van der Waals surface area contributed by atoms with Crippen LogP contribution in [0.4, 0.5) is 0 Å². The Morgan fingerprint density at radius 1 is 1.10 bits per heavy atom. The zero-order valence-corrected chi connectivity index (χ0v) is 12.8. The predicted octanol–water partition coefficient (Wildman–Crippen LogP) is 4.25. The van der Waals surface area contributed by atoms with Crippen molar-refractivity contribution < 1.29 is 4.74 Å². The Balaban J connectivity index is 2.17. The van der Waals surface area contributed by atoms with Gasteiger partial charge in [-0.1, -0.05) is 18.5 Å². The van der Waals surface area contributed by atoms with E-state index < -0.39 is 0 Å². The monoisotopic (exact) mass is 290 g/mol. The average molecular weight is 291 g/mol. The summed E-state index contributed by atoms with van der Waals surface area (Å²) in [6.45, 7) is 7.75. The first-order chi connectivity index (χ1) is 9.60. The molecular weight excluding hydrogens is 272 g/mol. The zero-order chi connectivity index (χ0) is 14.5. The molecule has 0 saturated carbocycles. The number of aryl methyl sites for hydroxylation is 2. The van der Waals surface area contributed by atoms with E-state index in [1.165, 1.54) is 0 Å². The molecule has 1 aromatic carbocycles. The van der Waals surface area contributed by atoms with E-state index in [2.05, 4.69) is 17.2 Å². The molecule has 1 aromatic heterocycles. The number of aromatic nitrogens is 1. The molecule has 0 aliphatic rings. The first-order valence-electron chi connectivity index (χ1n) is 6.69. The fraction of sp³-hybridized carbons (Fsp3) is 0.312. The summed E-state index contributed by atoms with van der Waals surface area (Å²) in [4.78, 5) is 4.21. The summed E-state index contributed by atoms with van der Waals surface area (Å²) in [5.74, 6) is 1.52. The van der Waals surface area contributed by atoms with Crippen molar-refractivity contribution in [2.75, 3.05) is 6.54 Å². The molecular formula is C16H19ClN2O. The molecule has 0 unspecified atom stereocenters. The Labute approximate surface area is 124 Å². The standard InChI is InChI=1S/C16H19ClN2O/c1-4-18-8-13-7-15(10-19-9-13)20-14-5-11(2)16(17)12(3)6-14/h5-7,9-10,18H,4,8H2,1-3H3. The highest BCUT2D eigenvalue weighted by atomic mass is 35.5. The van der Waals surface area contributed by atoms with E-state index in [4.69, 9.17) is 16.3 Å². The molecule has 20 heavy (non-hydrogen) atoms. The lowest BCUT2D eigenvalue weighted by molar-refractivity contribution is 0.478. The molecule has 0 aliphatic carbocycles. The van der Waals surface area contributed by atoms with Gasteiger partial charge in [0.1, 0.15) is 11.5 Å². The van der Waals surface area contributed by atoms with Gasteiger partial charge in [-0.25, -0.2) is 0 Å². The second-order valence-electron chi connectivity index (χ2n) is 4.78. The van der Waals surface area contributed by atoms with Gasteiger partial charge in [0, 0.05) is 17.8 Å². The van der Waals surface area contributed by atoms with E-state index in [1.54, 1.807) is 6.20 Å². The number of nitrogens with zero attached hydrogens (tertiary/aromatic N) is 1. The van der Waals surface area contributed by atoms with E-state index in [1.807, 2.05) is 38.2 Å². The van der Waals surface area contributed by atoms with Crippen LogP contribution in [0.15, 0.2) is 30.6 Å². The van der Waals surface area contributed by atoms with E-state index in [9.17, 15) is 0 Å². The lowest BCUT2D eigenvalue weighted by Gasteiger charge is -2.10. The highest BCUT2D eigenvalue weighted by Gasteiger charge is 2.05. The molecule has 0 amide bonds. The molecule has 4 heteroatoms. The maximum Gasteiger partial charge on any atom is 0.146 e. The number of benzene rings is 1. The quantitative estimate of drug-likeness (QED) is 0.894. The molecule has 0 fully saturated rings. The Morgan fingerprint density at radius 2 is 1.80 bits per heavy atom. The molecule has 1 N–H and O–H groups in total. The van der Waals surface area contributed by atoms with Gasteiger partial charge in [-0.3, -0.25) is 4.98 Å². The molecule has 0 aliphatic heterocycles. The number of halogens is 1. The lowest BCUT2D eigenvalue weighted by atomic mass is 10.1. The summed E-state index contributed by atoms with van der Waals surface area (Å²) < 4.78 is 5.87. The normalized spacial score (nSPS) is 10.6. The van der Waals surface area contributed by atoms with Crippen LogP contribution in [0.1, 0.15) is 23.6 Å². The van der Waals surface area contributed by atoms with Gasteiger partial charge in [0.2, 0.25) is 0 Å². The summed E-state index contributed by atoms with van der Waals surface area (Å²) in [6, 6.07) is 5.87. The maximum atomic E-state index is 6.16. The average Bonchev–Trinajstić information content (AvgIpc) is 2.43. The number of pyridine rings is 1. The summed E-state index contributed by atoms with van der Waals surface area (Å²) in [5, 5.41) is 4.06. The molecule has 2 rings (SSSR count). The third-order valence-corrected chi connectivity index (χ3v) is 3.59. The number of ether oxygens (including phenoxy) is 1. The predicted molar refractivity (Wildman–Crippen MR) is 82.6 cm³/mol. The second-order valence-corrected chi connectivity index (χ2v) is 5.16. The Kier molecular flexibility index (Phi) is 4.99. The van der Waals surface area contributed by atoms with Gasteiger partial charge in [-0.2, -0.15) is 0 Å².